The maximum atomic E-state index is 12.1. The van der Waals surface area contributed by atoms with Crippen LogP contribution < -0.4 is 5.32 Å². The Morgan fingerprint density at radius 2 is 1.96 bits per heavy atom. The normalized spacial score (nSPS) is 12.4. The van der Waals surface area contributed by atoms with Gasteiger partial charge in [0.05, 0.1) is 16.4 Å². The van der Waals surface area contributed by atoms with Gasteiger partial charge in [-0.1, -0.05) is 34.8 Å². The molecule has 2 aromatic rings. The molecular formula is C14H18Cl3N5O. The van der Waals surface area contributed by atoms with E-state index in [1.54, 1.807) is 36.3 Å². The molecule has 0 aliphatic rings. The largest absolute Gasteiger partial charge is 0.354 e. The number of aryl methyl sites for hydroxylation is 3. The van der Waals surface area contributed by atoms with Crippen molar-refractivity contribution in [2.24, 2.45) is 0 Å². The number of nitrogens with one attached hydrogen (secondary N) is 1. The van der Waals surface area contributed by atoms with Crippen LogP contribution in [0.5, 0.6) is 0 Å². The van der Waals surface area contributed by atoms with Crippen molar-refractivity contribution in [2.75, 3.05) is 6.54 Å². The Bertz CT molecular complexity index is 690. The van der Waals surface area contributed by atoms with Crippen LogP contribution in [0.2, 0.25) is 15.2 Å². The Balaban J connectivity index is 1.81. The lowest BCUT2D eigenvalue weighted by atomic mass is 10.3. The van der Waals surface area contributed by atoms with E-state index >= 15 is 0 Å². The van der Waals surface area contributed by atoms with Crippen LogP contribution in [-0.2, 0) is 11.3 Å². The third kappa shape index (κ3) is 4.19. The zero-order chi connectivity index (χ0) is 17.1. The van der Waals surface area contributed by atoms with E-state index in [-0.39, 0.29) is 5.91 Å². The minimum Gasteiger partial charge on any atom is -0.354 e. The number of hydrogen-bond acceptors (Lipinski definition) is 3. The molecule has 1 unspecified atom stereocenters. The SMILES string of the molecule is Cc1nn(C(C)C(=O)NCCCn2nc(C)c(Cl)c2Cl)cc1Cl. The average Bonchev–Trinajstić information content (AvgIpc) is 2.97. The lowest BCUT2D eigenvalue weighted by Gasteiger charge is -2.12. The molecule has 2 rings (SSSR count). The molecule has 23 heavy (non-hydrogen) atoms. The van der Waals surface area contributed by atoms with Gasteiger partial charge in [-0.25, -0.2) is 0 Å². The minimum atomic E-state index is -0.425. The number of amides is 1. The second-order valence-corrected chi connectivity index (χ2v) is 6.42. The van der Waals surface area contributed by atoms with Crippen LogP contribution in [0.4, 0.5) is 0 Å². The van der Waals surface area contributed by atoms with Gasteiger partial charge in [-0.3, -0.25) is 14.2 Å². The van der Waals surface area contributed by atoms with E-state index in [0.29, 0.717) is 46.1 Å². The number of rotatable bonds is 6. The molecule has 0 aromatic carbocycles. The smallest absolute Gasteiger partial charge is 0.244 e. The monoisotopic (exact) mass is 377 g/mol. The van der Waals surface area contributed by atoms with Gasteiger partial charge in [-0.2, -0.15) is 10.2 Å². The summed E-state index contributed by atoms with van der Waals surface area (Å²) in [5, 5.41) is 12.7. The van der Waals surface area contributed by atoms with Crippen molar-refractivity contribution in [2.45, 2.75) is 39.8 Å². The summed E-state index contributed by atoms with van der Waals surface area (Å²) in [6.45, 7) is 6.44. The van der Waals surface area contributed by atoms with Crippen LogP contribution in [0.15, 0.2) is 6.20 Å². The lowest BCUT2D eigenvalue weighted by Crippen LogP contribution is -2.32. The van der Waals surface area contributed by atoms with Gasteiger partial charge in [0.25, 0.3) is 0 Å². The number of carbonyl (C=O) groups is 1. The van der Waals surface area contributed by atoms with Gasteiger partial charge in [0.2, 0.25) is 5.91 Å². The van der Waals surface area contributed by atoms with Crippen LogP contribution in [0.25, 0.3) is 0 Å². The fraction of sp³-hybridized carbons (Fsp3) is 0.500. The average molecular weight is 379 g/mol. The molecule has 0 radical (unpaired) electrons. The number of nitrogens with zero attached hydrogens (tertiary/aromatic N) is 4. The molecule has 1 amide bonds. The first-order chi connectivity index (χ1) is 10.8. The molecule has 2 aromatic heterocycles. The standard InChI is InChI=1S/C14H18Cl3N5O/c1-8-11(15)7-22(19-8)10(3)14(23)18-5-4-6-21-13(17)12(16)9(2)20-21/h7,10H,4-6H2,1-3H3,(H,18,23). The van der Waals surface area contributed by atoms with Crippen molar-refractivity contribution < 1.29 is 4.79 Å². The molecule has 0 saturated heterocycles. The predicted octanol–water partition coefficient (Wildman–Crippen LogP) is 3.42. The van der Waals surface area contributed by atoms with Crippen molar-refractivity contribution in [3.63, 3.8) is 0 Å². The highest BCUT2D eigenvalue weighted by Crippen LogP contribution is 2.24. The van der Waals surface area contributed by atoms with Crippen LogP contribution in [0, 0.1) is 13.8 Å². The number of carbonyl (C=O) groups excluding carboxylic acids is 1. The summed E-state index contributed by atoms with van der Waals surface area (Å²) in [5.74, 6) is -0.120. The van der Waals surface area contributed by atoms with Gasteiger partial charge in [-0.05, 0) is 27.2 Å². The number of hydrogen-bond donors (Lipinski definition) is 1. The fourth-order valence-corrected chi connectivity index (χ4v) is 2.58. The molecule has 9 heteroatoms. The van der Waals surface area contributed by atoms with E-state index in [0.717, 1.165) is 0 Å². The summed E-state index contributed by atoms with van der Waals surface area (Å²) in [6, 6.07) is -0.425. The molecule has 1 N–H and O–H groups in total. The van der Waals surface area contributed by atoms with Crippen molar-refractivity contribution in [3.05, 3.63) is 32.8 Å². The summed E-state index contributed by atoms with van der Waals surface area (Å²) < 4.78 is 3.19. The summed E-state index contributed by atoms with van der Waals surface area (Å²) in [5.41, 5.74) is 1.40. The second-order valence-electron chi connectivity index (χ2n) is 5.28. The quantitative estimate of drug-likeness (QED) is 0.783. The first kappa shape index (κ1) is 18.1. The molecule has 1 atom stereocenters. The maximum absolute atomic E-state index is 12.1. The summed E-state index contributed by atoms with van der Waals surface area (Å²) >= 11 is 18.0. The third-order valence-corrected chi connectivity index (χ3v) is 4.78. The number of aromatic nitrogens is 4. The van der Waals surface area contributed by atoms with Gasteiger partial charge in [0.1, 0.15) is 16.2 Å². The lowest BCUT2D eigenvalue weighted by molar-refractivity contribution is -0.124. The van der Waals surface area contributed by atoms with Crippen LogP contribution in [0.3, 0.4) is 0 Å². The molecule has 0 bridgehead atoms. The Hall–Kier alpha value is -1.24. The molecule has 0 saturated carbocycles. The molecular weight excluding hydrogens is 361 g/mol. The Labute approximate surface area is 149 Å². The summed E-state index contributed by atoms with van der Waals surface area (Å²) in [7, 11) is 0. The van der Waals surface area contributed by atoms with E-state index in [1.807, 2.05) is 0 Å². The van der Waals surface area contributed by atoms with Crippen molar-refractivity contribution in [3.8, 4) is 0 Å². The van der Waals surface area contributed by atoms with E-state index in [1.165, 1.54) is 0 Å². The molecule has 0 aliphatic carbocycles. The third-order valence-electron chi connectivity index (χ3n) is 3.47. The topological polar surface area (TPSA) is 64.7 Å². The highest BCUT2D eigenvalue weighted by atomic mass is 35.5. The first-order valence-electron chi connectivity index (χ1n) is 7.18. The van der Waals surface area contributed by atoms with Crippen LogP contribution in [0.1, 0.15) is 30.8 Å². The molecule has 2 heterocycles. The van der Waals surface area contributed by atoms with Gasteiger partial charge < -0.3 is 5.32 Å². The van der Waals surface area contributed by atoms with Crippen LogP contribution >= 0.6 is 34.8 Å². The minimum absolute atomic E-state index is 0.120. The van der Waals surface area contributed by atoms with Crippen molar-refractivity contribution in [1.29, 1.82) is 0 Å². The van der Waals surface area contributed by atoms with E-state index < -0.39 is 6.04 Å². The predicted molar refractivity (Wildman–Crippen MR) is 91.3 cm³/mol. The number of halogens is 3. The Morgan fingerprint density at radius 3 is 2.48 bits per heavy atom. The van der Waals surface area contributed by atoms with E-state index in [9.17, 15) is 4.79 Å². The van der Waals surface area contributed by atoms with Gasteiger partial charge in [0.15, 0.2) is 0 Å². The zero-order valence-electron chi connectivity index (χ0n) is 13.1. The van der Waals surface area contributed by atoms with Crippen molar-refractivity contribution in [1.82, 2.24) is 24.9 Å². The summed E-state index contributed by atoms with van der Waals surface area (Å²) in [4.78, 5) is 12.1. The zero-order valence-corrected chi connectivity index (χ0v) is 15.4. The fourth-order valence-electron chi connectivity index (χ4n) is 2.05. The Morgan fingerprint density at radius 1 is 1.26 bits per heavy atom. The van der Waals surface area contributed by atoms with Gasteiger partial charge >= 0.3 is 0 Å². The van der Waals surface area contributed by atoms with Crippen molar-refractivity contribution >= 4 is 40.7 Å². The first-order valence-corrected chi connectivity index (χ1v) is 8.32. The molecule has 0 fully saturated rings. The van der Waals surface area contributed by atoms with Gasteiger partial charge in [-0.15, -0.1) is 0 Å². The molecule has 0 aliphatic heterocycles. The highest BCUT2D eigenvalue weighted by Gasteiger charge is 2.17. The molecule has 6 nitrogen and oxygen atoms in total. The second kappa shape index (κ2) is 7.55. The maximum Gasteiger partial charge on any atom is 0.244 e. The van der Waals surface area contributed by atoms with Crippen LogP contribution in [-0.4, -0.2) is 32.0 Å². The highest BCUT2D eigenvalue weighted by molar-refractivity contribution is 6.41. The Kier molecular flexibility index (Phi) is 5.95. The molecule has 0 spiro atoms. The van der Waals surface area contributed by atoms with Gasteiger partial charge in [0, 0.05) is 19.3 Å². The van der Waals surface area contributed by atoms with E-state index in [2.05, 4.69) is 15.5 Å². The van der Waals surface area contributed by atoms with E-state index in [4.69, 9.17) is 34.8 Å². The summed E-state index contributed by atoms with van der Waals surface area (Å²) in [6.07, 6.45) is 2.34. The molecule has 126 valence electrons.